The van der Waals surface area contributed by atoms with Crippen molar-refractivity contribution in [1.29, 1.82) is 0 Å². The van der Waals surface area contributed by atoms with E-state index in [1.807, 2.05) is 0 Å². The van der Waals surface area contributed by atoms with Crippen molar-refractivity contribution in [2.75, 3.05) is 12.3 Å². The second-order valence-electron chi connectivity index (χ2n) is 2.01. The van der Waals surface area contributed by atoms with Gasteiger partial charge < -0.3 is 10.4 Å². The van der Waals surface area contributed by atoms with E-state index in [9.17, 15) is 18.0 Å². The second kappa shape index (κ2) is 7.48. The number of halogens is 3. The Balaban J connectivity index is 0. The summed E-state index contributed by atoms with van der Waals surface area (Å²) >= 11 is 3.88. The van der Waals surface area contributed by atoms with Gasteiger partial charge in [0.1, 0.15) is 0 Å². The van der Waals surface area contributed by atoms with E-state index in [0.29, 0.717) is 12.3 Å². The molecule has 0 atom stereocenters. The van der Waals surface area contributed by atoms with E-state index in [1.54, 1.807) is 0 Å². The van der Waals surface area contributed by atoms with E-state index < -0.39 is 12.1 Å². The average Bonchev–Trinajstić information content (AvgIpc) is 2.00. The highest BCUT2D eigenvalue weighted by Crippen LogP contribution is 2.13. The van der Waals surface area contributed by atoms with Gasteiger partial charge >= 0.3 is 12.1 Å². The Labute approximate surface area is 83.9 Å². The summed E-state index contributed by atoms with van der Waals surface area (Å²) in [6.07, 6.45) is -5.08. The van der Waals surface area contributed by atoms with Gasteiger partial charge in [0.15, 0.2) is 0 Å². The van der Waals surface area contributed by atoms with Crippen molar-refractivity contribution in [2.45, 2.75) is 13.1 Å². The van der Waals surface area contributed by atoms with Crippen molar-refractivity contribution < 1.29 is 27.9 Å². The predicted octanol–water partition coefficient (Wildman–Crippen LogP) is 0.686. The maximum absolute atomic E-state index is 10.6. The molecule has 0 aliphatic carbocycles. The van der Waals surface area contributed by atoms with Crippen LogP contribution in [0.4, 0.5) is 13.2 Å². The number of alkyl halides is 3. The minimum absolute atomic E-state index is 0.00838. The highest BCUT2D eigenvalue weighted by molar-refractivity contribution is 7.80. The summed E-state index contributed by atoms with van der Waals surface area (Å²) < 4.78 is 31.7. The molecule has 1 amide bonds. The van der Waals surface area contributed by atoms with E-state index in [4.69, 9.17) is 9.90 Å². The summed E-state index contributed by atoms with van der Waals surface area (Å²) in [6.45, 7) is 2.15. The van der Waals surface area contributed by atoms with Crippen molar-refractivity contribution in [1.82, 2.24) is 5.32 Å². The molecule has 84 valence electrons. The molecule has 8 heteroatoms. The van der Waals surface area contributed by atoms with Crippen LogP contribution in [0.15, 0.2) is 0 Å². The normalized spacial score (nSPS) is 9.79. The van der Waals surface area contributed by atoms with Gasteiger partial charge in [-0.25, -0.2) is 4.79 Å². The first-order valence-corrected chi connectivity index (χ1v) is 4.00. The van der Waals surface area contributed by atoms with Crippen molar-refractivity contribution >= 4 is 24.5 Å². The number of nitrogens with one attached hydrogen (secondary N) is 1. The summed E-state index contributed by atoms with van der Waals surface area (Å²) in [6, 6.07) is 0. The van der Waals surface area contributed by atoms with Crippen molar-refractivity contribution in [3.63, 3.8) is 0 Å². The van der Waals surface area contributed by atoms with Crippen LogP contribution in [0.2, 0.25) is 0 Å². The van der Waals surface area contributed by atoms with Gasteiger partial charge in [-0.1, -0.05) is 0 Å². The maximum atomic E-state index is 10.6. The molecule has 0 bridgehead atoms. The molecule has 0 fully saturated rings. The number of hydrogen-bond acceptors (Lipinski definition) is 3. The number of thiol groups is 1. The number of carboxylic acids is 1. The molecule has 0 rings (SSSR count). The van der Waals surface area contributed by atoms with Crippen LogP contribution in [0.1, 0.15) is 6.92 Å². The highest BCUT2D eigenvalue weighted by atomic mass is 32.1. The van der Waals surface area contributed by atoms with E-state index in [0.717, 1.165) is 0 Å². The van der Waals surface area contributed by atoms with Crippen LogP contribution in [0.5, 0.6) is 0 Å². The number of aliphatic carboxylic acids is 1. The summed E-state index contributed by atoms with van der Waals surface area (Å²) in [5, 5.41) is 9.70. The topological polar surface area (TPSA) is 66.4 Å². The Morgan fingerprint density at radius 3 is 1.86 bits per heavy atom. The Morgan fingerprint density at radius 2 is 1.79 bits per heavy atom. The molecule has 4 nitrogen and oxygen atoms in total. The largest absolute Gasteiger partial charge is 0.490 e. The van der Waals surface area contributed by atoms with E-state index in [-0.39, 0.29) is 5.91 Å². The third kappa shape index (κ3) is 13.7. The molecule has 0 aromatic heterocycles. The fraction of sp³-hybridized carbons (Fsp3) is 0.667. The molecule has 2 N–H and O–H groups in total. The lowest BCUT2D eigenvalue weighted by atomic mass is 10.6. The average molecular weight is 233 g/mol. The first-order chi connectivity index (χ1) is 6.21. The number of hydrogen-bond donors (Lipinski definition) is 3. The van der Waals surface area contributed by atoms with E-state index in [2.05, 4.69) is 17.9 Å². The van der Waals surface area contributed by atoms with Crippen LogP contribution in [0.25, 0.3) is 0 Å². The SMILES string of the molecule is CC(=O)NCCS.O=C(O)C(F)(F)F. The molecule has 0 spiro atoms. The smallest absolute Gasteiger partial charge is 0.475 e. The first kappa shape index (κ1) is 15.5. The summed E-state index contributed by atoms with van der Waals surface area (Å²) in [5.74, 6) is -2.04. The third-order valence-corrected chi connectivity index (χ3v) is 0.952. The molecule has 0 unspecified atom stereocenters. The van der Waals surface area contributed by atoms with Crippen molar-refractivity contribution in [2.24, 2.45) is 0 Å². The van der Waals surface area contributed by atoms with Gasteiger partial charge in [-0.15, -0.1) is 0 Å². The van der Waals surface area contributed by atoms with Crippen LogP contribution < -0.4 is 5.32 Å². The number of carbonyl (C=O) groups excluding carboxylic acids is 1. The molecular formula is C6H10F3NO3S. The first-order valence-electron chi connectivity index (χ1n) is 3.37. The summed E-state index contributed by atoms with van der Waals surface area (Å²) in [4.78, 5) is 19.0. The Morgan fingerprint density at radius 1 is 1.43 bits per heavy atom. The predicted molar refractivity (Wildman–Crippen MR) is 46.2 cm³/mol. The lowest BCUT2D eigenvalue weighted by Gasteiger charge is -1.93. The molecule has 0 aliphatic heterocycles. The Kier molecular flexibility index (Phi) is 8.31. The summed E-state index contributed by atoms with van der Waals surface area (Å²) in [5.41, 5.74) is 0. The van der Waals surface area contributed by atoms with E-state index in [1.165, 1.54) is 6.92 Å². The maximum Gasteiger partial charge on any atom is 0.490 e. The molecule has 0 heterocycles. The van der Waals surface area contributed by atoms with Crippen LogP contribution in [-0.4, -0.2) is 35.5 Å². The third-order valence-electron chi connectivity index (χ3n) is 0.728. The van der Waals surface area contributed by atoms with Crippen LogP contribution in [0.3, 0.4) is 0 Å². The number of amides is 1. The zero-order valence-electron chi connectivity index (χ0n) is 7.26. The fourth-order valence-electron chi connectivity index (χ4n) is 0.232. The molecule has 0 saturated carbocycles. The zero-order valence-corrected chi connectivity index (χ0v) is 8.15. The number of rotatable bonds is 2. The molecule has 0 aromatic rings. The van der Waals surface area contributed by atoms with Gasteiger partial charge in [0.25, 0.3) is 0 Å². The van der Waals surface area contributed by atoms with Gasteiger partial charge in [0.05, 0.1) is 0 Å². The lowest BCUT2D eigenvalue weighted by molar-refractivity contribution is -0.192. The van der Waals surface area contributed by atoms with Crippen molar-refractivity contribution in [3.8, 4) is 0 Å². The van der Waals surface area contributed by atoms with Crippen LogP contribution in [-0.2, 0) is 9.59 Å². The minimum Gasteiger partial charge on any atom is -0.475 e. The Hall–Kier alpha value is -0.920. The van der Waals surface area contributed by atoms with Crippen LogP contribution >= 0.6 is 12.6 Å². The second-order valence-corrected chi connectivity index (χ2v) is 2.46. The molecule has 0 aromatic carbocycles. The molecule has 14 heavy (non-hydrogen) atoms. The highest BCUT2D eigenvalue weighted by Gasteiger charge is 2.38. The van der Waals surface area contributed by atoms with Gasteiger partial charge in [0.2, 0.25) is 5.91 Å². The fourth-order valence-corrected chi connectivity index (χ4v) is 0.344. The Bertz CT molecular complexity index is 195. The van der Waals surface area contributed by atoms with Gasteiger partial charge in [-0.05, 0) is 0 Å². The standard InChI is InChI=1S/C4H9NOS.C2HF3O2/c1-4(6)5-2-3-7;3-2(4,5)1(6)7/h7H,2-3H2,1H3,(H,5,6);(H,6,7). The quantitative estimate of drug-likeness (QED) is 0.615. The number of carboxylic acid groups (broad SMARTS) is 1. The molecule has 0 saturated heterocycles. The minimum atomic E-state index is -5.08. The van der Waals surface area contributed by atoms with Crippen molar-refractivity contribution in [3.05, 3.63) is 0 Å². The van der Waals surface area contributed by atoms with Gasteiger partial charge in [-0.3, -0.25) is 4.79 Å². The zero-order chi connectivity index (χ0) is 11.8. The molecular weight excluding hydrogens is 223 g/mol. The monoisotopic (exact) mass is 233 g/mol. The summed E-state index contributed by atoms with van der Waals surface area (Å²) in [7, 11) is 0. The van der Waals surface area contributed by atoms with E-state index >= 15 is 0 Å². The molecule has 0 aliphatic rings. The van der Waals surface area contributed by atoms with Crippen LogP contribution in [0, 0.1) is 0 Å². The lowest BCUT2D eigenvalue weighted by Crippen LogP contribution is -2.21. The number of carbonyl (C=O) groups is 2. The molecule has 0 radical (unpaired) electrons. The van der Waals surface area contributed by atoms with Gasteiger partial charge in [0, 0.05) is 19.2 Å². The van der Waals surface area contributed by atoms with Gasteiger partial charge in [-0.2, -0.15) is 25.8 Å².